The summed E-state index contributed by atoms with van der Waals surface area (Å²) < 4.78 is 18.9. The molecule has 2 unspecified atom stereocenters. The smallest absolute Gasteiger partial charge is 0.323 e. The van der Waals surface area contributed by atoms with Crippen LogP contribution < -0.4 is 0 Å². The number of hydrogen-bond donors (Lipinski definition) is 1. The number of aliphatic hydroxyl groups is 1. The first-order valence-corrected chi connectivity index (χ1v) is 9.27. The number of esters is 4. The number of ether oxygens (including phenoxy) is 4. The number of hydrogen-bond acceptors (Lipinski definition) is 9. The summed E-state index contributed by atoms with van der Waals surface area (Å²) in [5.41, 5.74) is -2.27. The quantitative estimate of drug-likeness (QED) is 0.347. The van der Waals surface area contributed by atoms with Crippen molar-refractivity contribution in [3.63, 3.8) is 0 Å². The van der Waals surface area contributed by atoms with E-state index in [4.69, 9.17) is 18.9 Å². The van der Waals surface area contributed by atoms with Crippen LogP contribution in [0.5, 0.6) is 0 Å². The fourth-order valence-electron chi connectivity index (χ4n) is 4.06. The first-order valence-electron chi connectivity index (χ1n) is 9.27. The highest BCUT2D eigenvalue weighted by Gasteiger charge is 2.74. The van der Waals surface area contributed by atoms with E-state index in [1.165, 1.54) is 0 Å². The van der Waals surface area contributed by atoms with Gasteiger partial charge in [0.05, 0.1) is 34.0 Å². The molecule has 9 nitrogen and oxygen atoms in total. The molecule has 1 N–H and O–H groups in total. The van der Waals surface area contributed by atoms with Gasteiger partial charge in [0, 0.05) is 5.41 Å². The summed E-state index contributed by atoms with van der Waals surface area (Å²) in [5, 5.41) is 11.4. The van der Waals surface area contributed by atoms with Crippen molar-refractivity contribution < 1.29 is 43.2 Å². The zero-order valence-electron chi connectivity index (χ0n) is 17.4. The highest BCUT2D eigenvalue weighted by atomic mass is 16.6. The van der Waals surface area contributed by atoms with Gasteiger partial charge in [-0.3, -0.25) is 19.2 Å². The lowest BCUT2D eigenvalue weighted by Gasteiger charge is -2.28. The van der Waals surface area contributed by atoms with Crippen LogP contribution in [0.25, 0.3) is 0 Å². The molecule has 30 heavy (non-hydrogen) atoms. The molecule has 2 atom stereocenters. The molecule has 0 spiro atoms. The SMILES string of the molecule is COC(=O)C(CC1(Cc2ccccc2)CC1(O)C(C(=O)OC)C(=O)OC)C(=O)OC. The molecule has 2 rings (SSSR count). The number of methoxy groups -OCH3 is 4. The van der Waals surface area contributed by atoms with Crippen molar-refractivity contribution in [2.24, 2.45) is 17.3 Å². The minimum atomic E-state index is -1.89. The Morgan fingerprint density at radius 3 is 1.77 bits per heavy atom. The van der Waals surface area contributed by atoms with Crippen LogP contribution in [0.15, 0.2) is 30.3 Å². The fourth-order valence-corrected chi connectivity index (χ4v) is 4.06. The van der Waals surface area contributed by atoms with E-state index in [0.29, 0.717) is 0 Å². The number of benzene rings is 1. The van der Waals surface area contributed by atoms with Gasteiger partial charge in [0.2, 0.25) is 0 Å². The highest BCUT2D eigenvalue weighted by molar-refractivity contribution is 5.98. The second-order valence-corrected chi connectivity index (χ2v) is 7.33. The van der Waals surface area contributed by atoms with Crippen molar-refractivity contribution in [3.05, 3.63) is 35.9 Å². The van der Waals surface area contributed by atoms with Gasteiger partial charge in [0.1, 0.15) is 0 Å². The lowest BCUT2D eigenvalue weighted by atomic mass is 9.80. The first kappa shape index (κ1) is 23.3. The van der Waals surface area contributed by atoms with E-state index in [2.05, 4.69) is 0 Å². The number of carbonyl (C=O) groups is 4. The molecule has 0 heterocycles. The van der Waals surface area contributed by atoms with E-state index in [-0.39, 0.29) is 19.3 Å². The van der Waals surface area contributed by atoms with E-state index in [0.717, 1.165) is 34.0 Å². The summed E-state index contributed by atoms with van der Waals surface area (Å²) in [6.45, 7) is 0. The lowest BCUT2D eigenvalue weighted by Crippen LogP contribution is -2.44. The van der Waals surface area contributed by atoms with Crippen molar-refractivity contribution in [2.75, 3.05) is 28.4 Å². The number of rotatable bonds is 9. The van der Waals surface area contributed by atoms with Crippen LogP contribution in [0.1, 0.15) is 18.4 Å². The van der Waals surface area contributed by atoms with Gasteiger partial charge in [0.25, 0.3) is 0 Å². The van der Waals surface area contributed by atoms with E-state index in [9.17, 15) is 24.3 Å². The molecule has 1 fully saturated rings. The molecule has 0 radical (unpaired) electrons. The maximum atomic E-state index is 12.3. The van der Waals surface area contributed by atoms with Crippen LogP contribution in [0.2, 0.25) is 0 Å². The molecule has 1 aromatic rings. The maximum absolute atomic E-state index is 12.3. The summed E-state index contributed by atoms with van der Waals surface area (Å²) >= 11 is 0. The van der Waals surface area contributed by atoms with Crippen LogP contribution in [0.3, 0.4) is 0 Å². The molecule has 9 heteroatoms. The van der Waals surface area contributed by atoms with E-state index >= 15 is 0 Å². The second kappa shape index (κ2) is 9.25. The molecule has 0 aromatic heterocycles. The zero-order valence-corrected chi connectivity index (χ0v) is 17.4. The fraction of sp³-hybridized carbons (Fsp3) is 0.524. The number of carbonyl (C=O) groups excluding carboxylic acids is 4. The third kappa shape index (κ3) is 4.30. The van der Waals surface area contributed by atoms with Gasteiger partial charge >= 0.3 is 23.9 Å². The van der Waals surface area contributed by atoms with E-state index in [1.807, 2.05) is 6.07 Å². The van der Waals surface area contributed by atoms with Gasteiger partial charge in [-0.2, -0.15) is 0 Å². The van der Waals surface area contributed by atoms with E-state index in [1.54, 1.807) is 24.3 Å². The topological polar surface area (TPSA) is 125 Å². The molecule has 164 valence electrons. The van der Waals surface area contributed by atoms with Gasteiger partial charge in [-0.05, 0) is 24.8 Å². The first-order chi connectivity index (χ1) is 14.2. The molecule has 0 saturated heterocycles. The average Bonchev–Trinajstić information content (AvgIpc) is 3.34. The van der Waals surface area contributed by atoms with Crippen LogP contribution in [-0.4, -0.2) is 63.0 Å². The van der Waals surface area contributed by atoms with Crippen molar-refractivity contribution >= 4 is 23.9 Å². The Hall–Kier alpha value is -2.94. The normalized spacial score (nSPS) is 22.4. The van der Waals surface area contributed by atoms with Gasteiger partial charge in [-0.1, -0.05) is 30.3 Å². The maximum Gasteiger partial charge on any atom is 0.323 e. The van der Waals surface area contributed by atoms with Crippen molar-refractivity contribution in [1.29, 1.82) is 0 Å². The van der Waals surface area contributed by atoms with Gasteiger partial charge in [0.15, 0.2) is 11.8 Å². The van der Waals surface area contributed by atoms with Gasteiger partial charge in [-0.25, -0.2) is 0 Å². The van der Waals surface area contributed by atoms with E-state index < -0.39 is 46.7 Å². The molecule has 1 aliphatic carbocycles. The average molecular weight is 422 g/mol. The lowest BCUT2D eigenvalue weighted by molar-refractivity contribution is -0.167. The monoisotopic (exact) mass is 422 g/mol. The molecule has 1 aromatic carbocycles. The minimum Gasteiger partial charge on any atom is -0.468 e. The van der Waals surface area contributed by atoms with Crippen LogP contribution in [-0.2, 0) is 44.5 Å². The molecule has 1 aliphatic rings. The Balaban J connectivity index is 2.50. The van der Waals surface area contributed by atoms with Crippen LogP contribution >= 0.6 is 0 Å². The summed E-state index contributed by atoms with van der Waals surface area (Å²) in [6.07, 6.45) is -0.0319. The predicted molar refractivity (Wildman–Crippen MR) is 102 cm³/mol. The Labute approximate surface area is 174 Å². The van der Waals surface area contributed by atoms with Crippen LogP contribution in [0.4, 0.5) is 0 Å². The minimum absolute atomic E-state index is 0.0335. The van der Waals surface area contributed by atoms with Crippen molar-refractivity contribution in [1.82, 2.24) is 0 Å². The van der Waals surface area contributed by atoms with Crippen LogP contribution in [0, 0.1) is 17.3 Å². The van der Waals surface area contributed by atoms with Crippen molar-refractivity contribution in [3.8, 4) is 0 Å². The Morgan fingerprint density at radius 1 is 0.867 bits per heavy atom. The van der Waals surface area contributed by atoms with Gasteiger partial charge < -0.3 is 24.1 Å². The predicted octanol–water partition coefficient (Wildman–Crippen LogP) is 0.665. The highest BCUT2D eigenvalue weighted by Crippen LogP contribution is 2.65. The Bertz CT molecular complexity index is 774. The molecular weight excluding hydrogens is 396 g/mol. The standard InChI is InChI=1S/C21H26O9/c1-27-16(22)14(17(23)28-2)11-20(10-13-8-6-5-7-9-13)12-21(20,26)15(18(24)29-3)19(25)30-4/h5-9,14-15,26H,10-12H2,1-4H3. The summed E-state index contributed by atoms with van der Waals surface area (Å²) in [6, 6.07) is 9.00. The molecular formula is C21H26O9. The van der Waals surface area contributed by atoms with Crippen molar-refractivity contribution in [2.45, 2.75) is 24.9 Å². The molecule has 0 bridgehead atoms. The van der Waals surface area contributed by atoms with Gasteiger partial charge in [-0.15, -0.1) is 0 Å². The second-order valence-electron chi connectivity index (χ2n) is 7.33. The largest absolute Gasteiger partial charge is 0.468 e. The Kier molecular flexibility index (Phi) is 7.20. The summed E-state index contributed by atoms with van der Waals surface area (Å²) in [4.78, 5) is 49.2. The third-order valence-electron chi connectivity index (χ3n) is 5.70. The molecule has 0 amide bonds. The molecule has 1 saturated carbocycles. The summed E-state index contributed by atoms with van der Waals surface area (Å²) in [7, 11) is 4.45. The third-order valence-corrected chi connectivity index (χ3v) is 5.70. The zero-order chi connectivity index (χ0) is 22.5. The molecule has 0 aliphatic heterocycles. The Morgan fingerprint density at radius 2 is 1.33 bits per heavy atom. The summed E-state index contributed by atoms with van der Waals surface area (Å²) in [5.74, 6) is -6.58.